The minimum atomic E-state index is -4.61. The zero-order chi connectivity index (χ0) is 12.5. The number of nitrogens with two attached hydrogens (primary N) is 1. The van der Waals surface area contributed by atoms with E-state index >= 15 is 0 Å². The maximum absolute atomic E-state index is 13.3. The van der Waals surface area contributed by atoms with Gasteiger partial charge in [0.05, 0.1) is 11.6 Å². The lowest BCUT2D eigenvalue weighted by Crippen LogP contribution is -2.20. The van der Waals surface area contributed by atoms with Crippen LogP contribution in [0.15, 0.2) is 18.2 Å². The van der Waals surface area contributed by atoms with E-state index in [2.05, 4.69) is 0 Å². The summed E-state index contributed by atoms with van der Waals surface area (Å²) in [4.78, 5) is 10.9. The zero-order valence-corrected chi connectivity index (χ0v) is 8.31. The van der Waals surface area contributed by atoms with Crippen molar-refractivity contribution in [1.29, 1.82) is 0 Å². The van der Waals surface area contributed by atoms with E-state index in [1.54, 1.807) is 0 Å². The molecule has 1 atom stereocenters. The number of hydrogen-bond donors (Lipinski definition) is 1. The van der Waals surface area contributed by atoms with Crippen LogP contribution in [-0.4, -0.2) is 5.78 Å². The molecule has 1 unspecified atom stereocenters. The molecule has 6 heteroatoms. The number of carbonyl (C=O) groups is 1. The molecule has 2 nitrogen and oxygen atoms in total. The van der Waals surface area contributed by atoms with Crippen LogP contribution in [0.2, 0.25) is 0 Å². The number of halogens is 4. The highest BCUT2D eigenvalue weighted by atomic mass is 19.4. The molecule has 0 aromatic heterocycles. The molecule has 0 saturated carbocycles. The van der Waals surface area contributed by atoms with Gasteiger partial charge >= 0.3 is 6.18 Å². The fourth-order valence-electron chi connectivity index (χ4n) is 1.17. The molecule has 0 saturated heterocycles. The highest BCUT2D eigenvalue weighted by Gasteiger charge is 2.31. The molecule has 0 aliphatic heterocycles. The van der Waals surface area contributed by atoms with Crippen LogP contribution in [0.3, 0.4) is 0 Å². The number of rotatable bonds is 2. The van der Waals surface area contributed by atoms with Gasteiger partial charge < -0.3 is 5.73 Å². The molecule has 0 aliphatic rings. The van der Waals surface area contributed by atoms with Crippen LogP contribution in [-0.2, 0) is 11.0 Å². The smallest absolute Gasteiger partial charge is 0.318 e. The molecule has 0 amide bonds. The van der Waals surface area contributed by atoms with Gasteiger partial charge in [0, 0.05) is 5.56 Å². The van der Waals surface area contributed by atoms with Crippen LogP contribution < -0.4 is 5.73 Å². The molecule has 0 heterocycles. The molecule has 0 radical (unpaired) electrons. The van der Waals surface area contributed by atoms with Gasteiger partial charge in [-0.2, -0.15) is 13.2 Å². The minimum Gasteiger partial charge on any atom is -0.318 e. The van der Waals surface area contributed by atoms with Gasteiger partial charge in [-0.3, -0.25) is 4.79 Å². The van der Waals surface area contributed by atoms with E-state index in [9.17, 15) is 22.4 Å². The number of benzene rings is 1. The lowest BCUT2D eigenvalue weighted by molar-refractivity contribution is -0.137. The van der Waals surface area contributed by atoms with Gasteiger partial charge in [0.2, 0.25) is 0 Å². The molecule has 2 N–H and O–H groups in total. The summed E-state index contributed by atoms with van der Waals surface area (Å²) in [7, 11) is 0. The number of alkyl halides is 3. The second kappa shape index (κ2) is 4.21. The Labute approximate surface area is 89.1 Å². The second-order valence-electron chi connectivity index (χ2n) is 3.32. The topological polar surface area (TPSA) is 43.1 Å². The van der Waals surface area contributed by atoms with E-state index < -0.39 is 29.4 Å². The molecule has 1 aromatic carbocycles. The van der Waals surface area contributed by atoms with E-state index in [0.717, 1.165) is 13.0 Å². The maximum Gasteiger partial charge on any atom is 0.416 e. The quantitative estimate of drug-likeness (QED) is 0.800. The van der Waals surface area contributed by atoms with E-state index in [-0.39, 0.29) is 5.56 Å². The summed E-state index contributed by atoms with van der Waals surface area (Å²) in [6, 6.07) is 0.672. The van der Waals surface area contributed by atoms with Crippen molar-refractivity contribution < 1.29 is 22.4 Å². The lowest BCUT2D eigenvalue weighted by atomic mass is 10.0. The third-order valence-corrected chi connectivity index (χ3v) is 2.10. The number of carbonyl (C=O) groups excluding carboxylic acids is 1. The first-order chi connectivity index (χ1) is 7.23. The highest BCUT2D eigenvalue weighted by Crippen LogP contribution is 2.31. The van der Waals surface area contributed by atoms with E-state index in [0.29, 0.717) is 12.1 Å². The van der Waals surface area contributed by atoms with Gasteiger partial charge in [0.1, 0.15) is 5.82 Å². The highest BCUT2D eigenvalue weighted by molar-refractivity contribution is 5.82. The third-order valence-electron chi connectivity index (χ3n) is 2.10. The summed E-state index contributed by atoms with van der Waals surface area (Å²) < 4.78 is 49.8. The first-order valence-corrected chi connectivity index (χ1v) is 4.36. The third kappa shape index (κ3) is 2.57. The van der Waals surface area contributed by atoms with Gasteiger partial charge in [-0.15, -0.1) is 0 Å². The minimum absolute atomic E-state index is 0.236. The van der Waals surface area contributed by atoms with Crippen LogP contribution in [0, 0.1) is 5.82 Å². The predicted molar refractivity (Wildman–Crippen MR) is 49.0 cm³/mol. The zero-order valence-electron chi connectivity index (χ0n) is 8.31. The molecular formula is C10H9F4NO. The Balaban J connectivity index is 3.15. The molecule has 0 fully saturated rings. The van der Waals surface area contributed by atoms with Gasteiger partial charge in [0.15, 0.2) is 5.78 Å². The van der Waals surface area contributed by atoms with Crippen molar-refractivity contribution in [1.82, 2.24) is 0 Å². The van der Waals surface area contributed by atoms with Crippen LogP contribution in [0.1, 0.15) is 24.1 Å². The molecule has 1 rings (SSSR count). The van der Waals surface area contributed by atoms with E-state index in [1.165, 1.54) is 0 Å². The Morgan fingerprint density at radius 1 is 1.38 bits per heavy atom. The van der Waals surface area contributed by atoms with Crippen molar-refractivity contribution in [2.24, 2.45) is 5.73 Å². The van der Waals surface area contributed by atoms with Gasteiger partial charge in [-0.1, -0.05) is 6.07 Å². The van der Waals surface area contributed by atoms with E-state index in [4.69, 9.17) is 5.73 Å². The second-order valence-corrected chi connectivity index (χ2v) is 3.32. The summed E-state index contributed by atoms with van der Waals surface area (Å²) >= 11 is 0. The molecule has 88 valence electrons. The Morgan fingerprint density at radius 3 is 2.31 bits per heavy atom. The summed E-state index contributed by atoms with van der Waals surface area (Å²) in [5, 5.41) is 0. The Morgan fingerprint density at radius 2 is 1.94 bits per heavy atom. The first kappa shape index (κ1) is 12.6. The van der Waals surface area contributed by atoms with Crippen LogP contribution in [0.25, 0.3) is 0 Å². The summed E-state index contributed by atoms with van der Waals surface area (Å²) in [5.74, 6) is -1.64. The van der Waals surface area contributed by atoms with Crippen molar-refractivity contribution in [2.45, 2.75) is 19.1 Å². The monoisotopic (exact) mass is 235 g/mol. The normalized spacial score (nSPS) is 13.6. The fraction of sp³-hybridized carbons (Fsp3) is 0.300. The van der Waals surface area contributed by atoms with Crippen molar-refractivity contribution in [3.8, 4) is 0 Å². The van der Waals surface area contributed by atoms with Gasteiger partial charge in [0.25, 0.3) is 0 Å². The van der Waals surface area contributed by atoms with Crippen molar-refractivity contribution in [3.63, 3.8) is 0 Å². The molecule has 1 aromatic rings. The number of Topliss-reactive ketones (excluding diaryl/α,β-unsaturated/α-hetero) is 1. The average molecular weight is 235 g/mol. The Bertz CT molecular complexity index is 414. The standard InChI is InChI=1S/C10H9F4NO/c1-5(16)9(15)7-3-2-6(4-8(7)11)10(12,13)14/h2-4,9H,15H2,1H3. The molecular weight excluding hydrogens is 226 g/mol. The average Bonchev–Trinajstić information content (AvgIpc) is 2.15. The Hall–Kier alpha value is -1.43. The van der Waals surface area contributed by atoms with Crippen LogP contribution in [0.4, 0.5) is 17.6 Å². The summed E-state index contributed by atoms with van der Waals surface area (Å²) in [5.41, 5.74) is 3.98. The van der Waals surface area contributed by atoms with Crippen molar-refractivity contribution in [2.75, 3.05) is 0 Å². The summed E-state index contributed by atoms with van der Waals surface area (Å²) in [6.45, 7) is 1.14. The Kier molecular flexibility index (Phi) is 3.32. The van der Waals surface area contributed by atoms with Crippen LogP contribution >= 0.6 is 0 Å². The van der Waals surface area contributed by atoms with Crippen molar-refractivity contribution >= 4 is 5.78 Å². The molecule has 0 spiro atoms. The molecule has 0 aliphatic carbocycles. The number of hydrogen-bond acceptors (Lipinski definition) is 2. The first-order valence-electron chi connectivity index (χ1n) is 4.36. The SMILES string of the molecule is CC(=O)C(N)c1ccc(C(F)(F)F)cc1F. The molecule has 0 bridgehead atoms. The lowest BCUT2D eigenvalue weighted by Gasteiger charge is -2.12. The van der Waals surface area contributed by atoms with Crippen molar-refractivity contribution in [3.05, 3.63) is 35.1 Å². The largest absolute Gasteiger partial charge is 0.416 e. The van der Waals surface area contributed by atoms with E-state index in [1.807, 2.05) is 0 Å². The van der Waals surface area contributed by atoms with Gasteiger partial charge in [-0.25, -0.2) is 4.39 Å². The molecule has 16 heavy (non-hydrogen) atoms. The van der Waals surface area contributed by atoms with Gasteiger partial charge in [-0.05, 0) is 19.1 Å². The predicted octanol–water partition coefficient (Wildman–Crippen LogP) is 2.43. The summed E-state index contributed by atoms with van der Waals surface area (Å²) in [6.07, 6.45) is -4.61. The van der Waals surface area contributed by atoms with Crippen LogP contribution in [0.5, 0.6) is 0 Å². The fourth-order valence-corrected chi connectivity index (χ4v) is 1.17. The number of ketones is 1. The maximum atomic E-state index is 13.3.